The molecule has 0 bridgehead atoms. The van der Waals surface area contributed by atoms with Crippen LogP contribution in [0.5, 0.6) is 17.2 Å². The summed E-state index contributed by atoms with van der Waals surface area (Å²) in [5.74, 6) is 1.17. The minimum Gasteiger partial charge on any atom is -0.508 e. The number of phenolic OH excluding ortho intramolecular Hbond substituents is 1. The number of amides is 1. The number of pyridine rings is 1. The second-order valence-corrected chi connectivity index (χ2v) is 6.19. The molecule has 6 heteroatoms. The van der Waals surface area contributed by atoms with Gasteiger partial charge < -0.3 is 19.9 Å². The Bertz CT molecular complexity index is 929. The van der Waals surface area contributed by atoms with Gasteiger partial charge in [-0.25, -0.2) is 0 Å². The number of rotatable bonds is 8. The quantitative estimate of drug-likeness (QED) is 0.620. The summed E-state index contributed by atoms with van der Waals surface area (Å²) < 4.78 is 11.2. The van der Waals surface area contributed by atoms with Crippen molar-refractivity contribution in [2.75, 3.05) is 12.4 Å². The Labute approximate surface area is 163 Å². The van der Waals surface area contributed by atoms with Gasteiger partial charge >= 0.3 is 0 Å². The topological polar surface area (TPSA) is 80.7 Å². The molecule has 2 aromatic carbocycles. The Hall–Kier alpha value is -3.54. The van der Waals surface area contributed by atoms with Gasteiger partial charge in [0.25, 0.3) is 0 Å². The molecule has 0 aliphatic carbocycles. The van der Waals surface area contributed by atoms with Crippen LogP contribution in [0.4, 0.5) is 5.69 Å². The number of aromatic hydroxyl groups is 1. The molecule has 0 saturated carbocycles. The van der Waals surface area contributed by atoms with Crippen LogP contribution in [0.25, 0.3) is 0 Å². The lowest BCUT2D eigenvalue weighted by molar-refractivity contribution is -0.116. The average Bonchev–Trinajstić information content (AvgIpc) is 2.72. The Morgan fingerprint density at radius 2 is 1.96 bits per heavy atom. The molecular formula is C22H22N2O4. The zero-order valence-electron chi connectivity index (χ0n) is 15.6. The summed E-state index contributed by atoms with van der Waals surface area (Å²) in [6, 6.07) is 16.0. The molecule has 0 saturated heterocycles. The van der Waals surface area contributed by atoms with E-state index in [0.29, 0.717) is 30.2 Å². The first-order valence-electron chi connectivity index (χ1n) is 8.92. The maximum Gasteiger partial charge on any atom is 0.224 e. The number of para-hydroxylation sites is 1. The molecule has 1 aromatic heterocycles. The van der Waals surface area contributed by atoms with Crippen molar-refractivity contribution in [1.29, 1.82) is 0 Å². The molecule has 28 heavy (non-hydrogen) atoms. The molecule has 0 atom stereocenters. The van der Waals surface area contributed by atoms with Gasteiger partial charge in [0.15, 0.2) is 11.5 Å². The van der Waals surface area contributed by atoms with Gasteiger partial charge in [-0.1, -0.05) is 24.3 Å². The fourth-order valence-electron chi connectivity index (χ4n) is 2.71. The Balaban J connectivity index is 1.61. The maximum atomic E-state index is 12.3. The summed E-state index contributed by atoms with van der Waals surface area (Å²) >= 11 is 0. The molecule has 0 aliphatic rings. The number of nitrogens with zero attached hydrogens (tertiary/aromatic N) is 1. The van der Waals surface area contributed by atoms with Gasteiger partial charge in [0.05, 0.1) is 7.11 Å². The molecule has 2 N–H and O–H groups in total. The number of benzene rings is 2. The molecule has 0 unspecified atom stereocenters. The second-order valence-electron chi connectivity index (χ2n) is 6.19. The summed E-state index contributed by atoms with van der Waals surface area (Å²) in [5.41, 5.74) is 2.29. The van der Waals surface area contributed by atoms with Crippen LogP contribution >= 0.6 is 0 Å². The monoisotopic (exact) mass is 378 g/mol. The zero-order chi connectivity index (χ0) is 19.8. The van der Waals surface area contributed by atoms with Crippen LogP contribution in [0, 0.1) is 0 Å². The predicted octanol–water partition coefficient (Wildman–Crippen LogP) is 3.95. The first-order valence-corrected chi connectivity index (χ1v) is 8.92. The summed E-state index contributed by atoms with van der Waals surface area (Å²) in [6.07, 6.45) is 4.15. The molecule has 0 fully saturated rings. The van der Waals surface area contributed by atoms with Crippen molar-refractivity contribution in [3.8, 4) is 17.2 Å². The number of carbonyl (C=O) groups is 1. The molecule has 3 rings (SSSR count). The Kier molecular flexibility index (Phi) is 6.46. The largest absolute Gasteiger partial charge is 0.508 e. The third-order valence-electron chi connectivity index (χ3n) is 4.18. The molecule has 0 aliphatic heterocycles. The number of hydrogen-bond donors (Lipinski definition) is 2. The summed E-state index contributed by atoms with van der Waals surface area (Å²) in [6.45, 7) is 0.342. The van der Waals surface area contributed by atoms with Crippen molar-refractivity contribution in [1.82, 2.24) is 4.98 Å². The standard InChI is InChI=1S/C22H22N2O4/c1-27-20-10-9-18(13-21(20)28-15-16-5-4-12-23-14-16)24-22(26)11-8-17-6-2-3-7-19(17)25/h2-7,9-10,12-14,25H,8,11,15H2,1H3,(H,24,26). The van der Waals surface area contributed by atoms with E-state index in [1.165, 1.54) is 0 Å². The van der Waals surface area contributed by atoms with E-state index in [9.17, 15) is 9.90 Å². The van der Waals surface area contributed by atoms with Crippen LogP contribution in [-0.4, -0.2) is 23.1 Å². The third-order valence-corrected chi connectivity index (χ3v) is 4.18. The van der Waals surface area contributed by atoms with Crippen molar-refractivity contribution in [3.63, 3.8) is 0 Å². The van der Waals surface area contributed by atoms with Gasteiger partial charge in [0.1, 0.15) is 12.4 Å². The number of nitrogens with one attached hydrogen (secondary N) is 1. The summed E-state index contributed by atoms with van der Waals surface area (Å²) in [5, 5.41) is 12.6. The number of carbonyl (C=O) groups excluding carboxylic acids is 1. The van der Waals surface area contributed by atoms with Gasteiger partial charge in [-0.05, 0) is 36.2 Å². The lowest BCUT2D eigenvalue weighted by Gasteiger charge is -2.13. The fraction of sp³-hybridized carbons (Fsp3) is 0.182. The van der Waals surface area contributed by atoms with Crippen LogP contribution in [0.15, 0.2) is 67.0 Å². The van der Waals surface area contributed by atoms with Crippen LogP contribution in [-0.2, 0) is 17.8 Å². The van der Waals surface area contributed by atoms with Gasteiger partial charge in [0.2, 0.25) is 5.91 Å². The molecule has 144 valence electrons. The molecule has 1 heterocycles. The van der Waals surface area contributed by atoms with Gasteiger partial charge in [-0.15, -0.1) is 0 Å². The second kappa shape index (κ2) is 9.41. The highest BCUT2D eigenvalue weighted by Crippen LogP contribution is 2.31. The number of aryl methyl sites for hydroxylation is 1. The Morgan fingerprint density at radius 3 is 2.71 bits per heavy atom. The molecule has 0 radical (unpaired) electrons. The third kappa shape index (κ3) is 5.23. The normalized spacial score (nSPS) is 10.3. The maximum absolute atomic E-state index is 12.3. The van der Waals surface area contributed by atoms with Crippen LogP contribution in [0.3, 0.4) is 0 Å². The van der Waals surface area contributed by atoms with Gasteiger partial charge in [0, 0.05) is 36.1 Å². The minimum atomic E-state index is -0.147. The van der Waals surface area contributed by atoms with E-state index in [4.69, 9.17) is 9.47 Å². The number of anilines is 1. The molecule has 3 aromatic rings. The van der Waals surface area contributed by atoms with Crippen molar-refractivity contribution in [2.24, 2.45) is 0 Å². The van der Waals surface area contributed by atoms with E-state index in [1.807, 2.05) is 18.2 Å². The van der Waals surface area contributed by atoms with E-state index in [1.54, 1.807) is 55.9 Å². The highest BCUT2D eigenvalue weighted by atomic mass is 16.5. The highest BCUT2D eigenvalue weighted by Gasteiger charge is 2.10. The predicted molar refractivity (Wildman–Crippen MR) is 107 cm³/mol. The first kappa shape index (κ1) is 19.2. The van der Waals surface area contributed by atoms with Crippen molar-refractivity contribution in [3.05, 3.63) is 78.1 Å². The smallest absolute Gasteiger partial charge is 0.224 e. The summed E-state index contributed by atoms with van der Waals surface area (Å²) in [4.78, 5) is 16.3. The highest BCUT2D eigenvalue weighted by molar-refractivity contribution is 5.91. The van der Waals surface area contributed by atoms with E-state index in [0.717, 1.165) is 11.1 Å². The van der Waals surface area contributed by atoms with E-state index >= 15 is 0 Å². The lowest BCUT2D eigenvalue weighted by Crippen LogP contribution is -2.12. The fourth-order valence-corrected chi connectivity index (χ4v) is 2.71. The Morgan fingerprint density at radius 1 is 1.11 bits per heavy atom. The molecule has 1 amide bonds. The van der Waals surface area contributed by atoms with Crippen LogP contribution in [0.2, 0.25) is 0 Å². The van der Waals surface area contributed by atoms with Crippen LogP contribution < -0.4 is 14.8 Å². The van der Waals surface area contributed by atoms with Crippen molar-refractivity contribution in [2.45, 2.75) is 19.4 Å². The summed E-state index contributed by atoms with van der Waals surface area (Å²) in [7, 11) is 1.57. The van der Waals surface area contributed by atoms with Crippen LogP contribution in [0.1, 0.15) is 17.5 Å². The van der Waals surface area contributed by atoms with Crippen molar-refractivity contribution >= 4 is 11.6 Å². The van der Waals surface area contributed by atoms with E-state index < -0.39 is 0 Å². The van der Waals surface area contributed by atoms with Gasteiger partial charge in [-0.2, -0.15) is 0 Å². The molecule has 0 spiro atoms. The van der Waals surface area contributed by atoms with E-state index in [-0.39, 0.29) is 18.1 Å². The number of methoxy groups -OCH3 is 1. The van der Waals surface area contributed by atoms with Crippen molar-refractivity contribution < 1.29 is 19.4 Å². The zero-order valence-corrected chi connectivity index (χ0v) is 15.6. The number of hydrogen-bond acceptors (Lipinski definition) is 5. The lowest BCUT2D eigenvalue weighted by atomic mass is 10.1. The first-order chi connectivity index (χ1) is 13.7. The van der Waals surface area contributed by atoms with E-state index in [2.05, 4.69) is 10.3 Å². The molecule has 6 nitrogen and oxygen atoms in total. The minimum absolute atomic E-state index is 0.147. The number of ether oxygens (including phenoxy) is 2. The van der Waals surface area contributed by atoms with Gasteiger partial charge in [-0.3, -0.25) is 9.78 Å². The SMILES string of the molecule is COc1ccc(NC(=O)CCc2ccccc2O)cc1OCc1cccnc1. The molecular weight excluding hydrogens is 356 g/mol. The number of phenols is 1. The number of aromatic nitrogens is 1. The average molecular weight is 378 g/mol.